The van der Waals surface area contributed by atoms with Gasteiger partial charge < -0.3 is 5.73 Å². The maximum absolute atomic E-state index is 8.77. The molecule has 0 fully saturated rings. The first-order chi connectivity index (χ1) is 6.62. The molecule has 0 saturated heterocycles. The number of rotatable bonds is 3. The molecule has 0 radical (unpaired) electrons. The molecule has 0 aliphatic rings. The Morgan fingerprint density at radius 3 is 2.36 bits per heavy atom. The number of hydrogen-bond acceptors (Lipinski definition) is 2. The first-order valence-electron chi connectivity index (χ1n) is 4.85. The van der Waals surface area contributed by atoms with Crippen molar-refractivity contribution in [1.29, 1.82) is 5.26 Å². The highest BCUT2D eigenvalue weighted by Crippen LogP contribution is 2.31. The molecule has 0 saturated carbocycles. The van der Waals surface area contributed by atoms with Crippen molar-refractivity contribution in [3.05, 3.63) is 29.8 Å². The highest BCUT2D eigenvalue weighted by atomic mass is 14.5. The number of nitrogen functional groups attached to an aromatic ring is 1. The smallest absolute Gasteiger partial charge is 0.0631 e. The van der Waals surface area contributed by atoms with Gasteiger partial charge in [-0.1, -0.05) is 26.0 Å². The van der Waals surface area contributed by atoms with E-state index in [1.165, 1.54) is 5.56 Å². The summed E-state index contributed by atoms with van der Waals surface area (Å²) in [5.74, 6) is 0. The molecular formula is C12H16N2. The molecule has 0 bridgehead atoms. The van der Waals surface area contributed by atoms with Gasteiger partial charge in [0.15, 0.2) is 0 Å². The maximum Gasteiger partial charge on any atom is 0.0631 e. The van der Waals surface area contributed by atoms with E-state index in [-0.39, 0.29) is 5.41 Å². The number of nitriles is 1. The van der Waals surface area contributed by atoms with Gasteiger partial charge in [-0.3, -0.25) is 0 Å². The molecule has 0 aliphatic carbocycles. The lowest BCUT2D eigenvalue weighted by Gasteiger charge is -2.25. The van der Waals surface area contributed by atoms with E-state index in [0.29, 0.717) is 6.42 Å². The largest absolute Gasteiger partial charge is 0.399 e. The Morgan fingerprint density at radius 2 is 1.93 bits per heavy atom. The highest BCUT2D eigenvalue weighted by Gasteiger charge is 2.23. The van der Waals surface area contributed by atoms with E-state index in [1.807, 2.05) is 24.3 Å². The maximum atomic E-state index is 8.77. The van der Waals surface area contributed by atoms with Gasteiger partial charge in [0.05, 0.1) is 6.07 Å². The molecule has 2 nitrogen and oxygen atoms in total. The quantitative estimate of drug-likeness (QED) is 0.741. The Balaban J connectivity index is 3.01. The molecule has 0 amide bonds. The van der Waals surface area contributed by atoms with Gasteiger partial charge in [-0.05, 0) is 24.1 Å². The standard InChI is InChI=1S/C12H16N2/c1-3-12(2,8-9-13)10-4-6-11(14)7-5-10/h4-7H,3,8,14H2,1-2H3. The summed E-state index contributed by atoms with van der Waals surface area (Å²) in [6.07, 6.45) is 1.51. The first-order valence-corrected chi connectivity index (χ1v) is 4.85. The highest BCUT2D eigenvalue weighted by molar-refractivity contribution is 5.41. The summed E-state index contributed by atoms with van der Waals surface area (Å²) in [6.45, 7) is 4.22. The van der Waals surface area contributed by atoms with E-state index in [9.17, 15) is 0 Å². The summed E-state index contributed by atoms with van der Waals surface area (Å²) in [5.41, 5.74) is 7.54. The second-order valence-corrected chi connectivity index (χ2v) is 3.87. The predicted molar refractivity (Wildman–Crippen MR) is 58.7 cm³/mol. The fourth-order valence-electron chi connectivity index (χ4n) is 1.49. The molecule has 1 aromatic carbocycles. The molecule has 1 atom stereocenters. The van der Waals surface area contributed by atoms with Crippen LogP contribution in [0.15, 0.2) is 24.3 Å². The van der Waals surface area contributed by atoms with Crippen molar-refractivity contribution in [2.24, 2.45) is 0 Å². The zero-order valence-electron chi connectivity index (χ0n) is 8.75. The zero-order chi connectivity index (χ0) is 10.6. The van der Waals surface area contributed by atoms with Crippen LogP contribution in [-0.4, -0.2) is 0 Å². The van der Waals surface area contributed by atoms with Crippen molar-refractivity contribution in [2.75, 3.05) is 5.73 Å². The molecule has 0 aromatic heterocycles. The fourth-order valence-corrected chi connectivity index (χ4v) is 1.49. The zero-order valence-corrected chi connectivity index (χ0v) is 8.75. The lowest BCUT2D eigenvalue weighted by Crippen LogP contribution is -2.19. The van der Waals surface area contributed by atoms with Crippen LogP contribution >= 0.6 is 0 Å². The van der Waals surface area contributed by atoms with E-state index in [4.69, 9.17) is 11.0 Å². The van der Waals surface area contributed by atoms with Gasteiger partial charge in [-0.15, -0.1) is 0 Å². The van der Waals surface area contributed by atoms with Crippen LogP contribution in [0.25, 0.3) is 0 Å². The van der Waals surface area contributed by atoms with E-state index < -0.39 is 0 Å². The number of hydrogen-bond donors (Lipinski definition) is 1. The molecule has 0 spiro atoms. The van der Waals surface area contributed by atoms with Crippen molar-refractivity contribution in [2.45, 2.75) is 32.1 Å². The SMILES string of the molecule is CCC(C)(CC#N)c1ccc(N)cc1. The molecular weight excluding hydrogens is 172 g/mol. The summed E-state index contributed by atoms with van der Waals surface area (Å²) in [4.78, 5) is 0. The Bertz CT molecular complexity index is 334. The second kappa shape index (κ2) is 4.15. The Morgan fingerprint density at radius 1 is 1.36 bits per heavy atom. The van der Waals surface area contributed by atoms with Gasteiger partial charge in [-0.25, -0.2) is 0 Å². The summed E-state index contributed by atoms with van der Waals surface area (Å²) >= 11 is 0. The van der Waals surface area contributed by atoms with Crippen LogP contribution in [0.1, 0.15) is 32.3 Å². The van der Waals surface area contributed by atoms with Gasteiger partial charge in [0, 0.05) is 17.5 Å². The van der Waals surface area contributed by atoms with Crippen molar-refractivity contribution in [3.63, 3.8) is 0 Å². The van der Waals surface area contributed by atoms with E-state index in [0.717, 1.165) is 12.1 Å². The average Bonchev–Trinajstić information content (AvgIpc) is 2.19. The second-order valence-electron chi connectivity index (χ2n) is 3.87. The lowest BCUT2D eigenvalue weighted by atomic mass is 9.78. The van der Waals surface area contributed by atoms with Gasteiger partial charge in [0.1, 0.15) is 0 Å². The number of nitrogens with zero attached hydrogens (tertiary/aromatic N) is 1. The van der Waals surface area contributed by atoms with Crippen LogP contribution in [0.5, 0.6) is 0 Å². The summed E-state index contributed by atoms with van der Waals surface area (Å²) < 4.78 is 0. The third-order valence-corrected chi connectivity index (χ3v) is 2.86. The fraction of sp³-hybridized carbons (Fsp3) is 0.417. The van der Waals surface area contributed by atoms with Gasteiger partial charge in [0.25, 0.3) is 0 Å². The third kappa shape index (κ3) is 2.05. The van der Waals surface area contributed by atoms with Crippen LogP contribution in [0.3, 0.4) is 0 Å². The first kappa shape index (κ1) is 10.6. The summed E-state index contributed by atoms with van der Waals surface area (Å²) in [6, 6.07) is 10.0. The van der Waals surface area contributed by atoms with Gasteiger partial charge in [0.2, 0.25) is 0 Å². The Labute approximate surface area is 85.4 Å². The molecule has 0 aliphatic heterocycles. The minimum absolute atomic E-state index is 0.0392. The topological polar surface area (TPSA) is 49.8 Å². The predicted octanol–water partition coefficient (Wildman–Crippen LogP) is 2.85. The minimum Gasteiger partial charge on any atom is -0.399 e. The third-order valence-electron chi connectivity index (χ3n) is 2.86. The molecule has 1 aromatic rings. The van der Waals surface area contributed by atoms with Crippen LogP contribution in [0.2, 0.25) is 0 Å². The molecule has 2 heteroatoms. The monoisotopic (exact) mass is 188 g/mol. The van der Waals surface area contributed by atoms with Crippen LogP contribution in [0.4, 0.5) is 5.69 Å². The number of anilines is 1. The molecule has 14 heavy (non-hydrogen) atoms. The molecule has 0 heterocycles. The number of benzene rings is 1. The van der Waals surface area contributed by atoms with Gasteiger partial charge in [-0.2, -0.15) is 5.26 Å². The van der Waals surface area contributed by atoms with E-state index in [2.05, 4.69) is 19.9 Å². The van der Waals surface area contributed by atoms with Gasteiger partial charge >= 0.3 is 0 Å². The van der Waals surface area contributed by atoms with Crippen molar-refractivity contribution < 1.29 is 0 Å². The van der Waals surface area contributed by atoms with Crippen molar-refractivity contribution in [1.82, 2.24) is 0 Å². The molecule has 1 rings (SSSR count). The lowest BCUT2D eigenvalue weighted by molar-refractivity contribution is 0.466. The van der Waals surface area contributed by atoms with Crippen LogP contribution in [-0.2, 0) is 5.41 Å². The minimum atomic E-state index is -0.0392. The molecule has 74 valence electrons. The molecule has 1 unspecified atom stereocenters. The Hall–Kier alpha value is -1.49. The van der Waals surface area contributed by atoms with Crippen LogP contribution < -0.4 is 5.73 Å². The van der Waals surface area contributed by atoms with E-state index in [1.54, 1.807) is 0 Å². The van der Waals surface area contributed by atoms with Crippen LogP contribution in [0, 0.1) is 11.3 Å². The summed E-state index contributed by atoms with van der Waals surface area (Å²) in [7, 11) is 0. The van der Waals surface area contributed by atoms with Crippen molar-refractivity contribution in [3.8, 4) is 6.07 Å². The van der Waals surface area contributed by atoms with Crippen molar-refractivity contribution >= 4 is 5.69 Å². The van der Waals surface area contributed by atoms with E-state index >= 15 is 0 Å². The molecule has 2 N–H and O–H groups in total. The summed E-state index contributed by atoms with van der Waals surface area (Å²) in [5, 5.41) is 8.77. The number of nitrogens with two attached hydrogens (primary N) is 1. The average molecular weight is 188 g/mol. The normalized spacial score (nSPS) is 14.4. The Kier molecular flexibility index (Phi) is 3.14.